The molecule has 8 heteroatoms. The lowest BCUT2D eigenvalue weighted by molar-refractivity contribution is -0.163. The average Bonchev–Trinajstić information content (AvgIpc) is 2.71. The van der Waals surface area contributed by atoms with Gasteiger partial charge in [-0.1, -0.05) is 0 Å². The number of hydrogen-bond donors (Lipinski definition) is 0. The van der Waals surface area contributed by atoms with Gasteiger partial charge in [0.15, 0.2) is 12.1 Å². The zero-order chi connectivity index (χ0) is 20.3. The summed E-state index contributed by atoms with van der Waals surface area (Å²) in [5.74, 6) is 0.0716. The quantitative estimate of drug-likeness (QED) is 0.465. The molecule has 0 aromatic rings. The van der Waals surface area contributed by atoms with Crippen LogP contribution in [0.1, 0.15) is 39.0 Å². The first-order valence-corrected chi connectivity index (χ1v) is 10.3. The fraction of sp³-hybridized carbons (Fsp3) is 0.800. The van der Waals surface area contributed by atoms with Gasteiger partial charge in [0.05, 0.1) is 29.6 Å². The second-order valence-electron chi connectivity index (χ2n) is 7.38. The van der Waals surface area contributed by atoms with Gasteiger partial charge in [0.2, 0.25) is 0 Å². The first-order chi connectivity index (χ1) is 13.5. The maximum atomic E-state index is 13.0. The molecule has 7 unspecified atom stereocenters. The maximum Gasteiger partial charge on any atom is 0.199 e. The molecule has 7 atom stereocenters. The molecule has 1 aliphatic heterocycles. The van der Waals surface area contributed by atoms with Gasteiger partial charge < -0.3 is 28.5 Å². The molecule has 1 saturated carbocycles. The van der Waals surface area contributed by atoms with Gasteiger partial charge in [-0.15, -0.1) is 11.6 Å². The van der Waals surface area contributed by atoms with E-state index in [9.17, 15) is 9.59 Å². The number of alkyl halides is 1. The Morgan fingerprint density at radius 2 is 1.93 bits per heavy atom. The Kier molecular flexibility index (Phi) is 7.50. The normalized spacial score (nSPS) is 38.7. The highest BCUT2D eigenvalue weighted by molar-refractivity contribution is 6.21. The minimum Gasteiger partial charge on any atom is -0.469 e. The largest absolute Gasteiger partial charge is 0.469 e. The SMILES string of the molecule is CCOC1CCC2=C(CCC(OC3C(Cl)C(OC)CC(OC)C3C=O)C2=O)O1. The van der Waals surface area contributed by atoms with Crippen LogP contribution in [0.4, 0.5) is 0 Å². The number of Topliss-reactive ketones (excluding diaryl/α,β-unsaturated/α-hetero) is 1. The topological polar surface area (TPSA) is 80.3 Å². The van der Waals surface area contributed by atoms with Gasteiger partial charge in [0, 0.05) is 45.7 Å². The number of ketones is 1. The van der Waals surface area contributed by atoms with E-state index in [2.05, 4.69) is 0 Å². The maximum absolute atomic E-state index is 13.0. The van der Waals surface area contributed by atoms with E-state index in [-0.39, 0.29) is 24.3 Å². The summed E-state index contributed by atoms with van der Waals surface area (Å²) in [4.78, 5) is 24.7. The summed E-state index contributed by atoms with van der Waals surface area (Å²) in [5.41, 5.74) is 0.670. The number of halogens is 1. The highest BCUT2D eigenvalue weighted by atomic mass is 35.5. The van der Waals surface area contributed by atoms with Crippen LogP contribution in [0.3, 0.4) is 0 Å². The number of aldehydes is 1. The minimum atomic E-state index is -0.653. The molecule has 158 valence electrons. The van der Waals surface area contributed by atoms with Crippen LogP contribution in [-0.4, -0.2) is 69.0 Å². The summed E-state index contributed by atoms with van der Waals surface area (Å²) in [5, 5.41) is -0.542. The molecule has 3 aliphatic rings. The predicted octanol–water partition coefficient (Wildman–Crippen LogP) is 2.39. The van der Waals surface area contributed by atoms with Gasteiger partial charge in [-0.2, -0.15) is 0 Å². The molecule has 1 fully saturated rings. The van der Waals surface area contributed by atoms with Crippen molar-refractivity contribution in [1.82, 2.24) is 0 Å². The lowest BCUT2D eigenvalue weighted by atomic mass is 9.81. The van der Waals surface area contributed by atoms with E-state index < -0.39 is 23.5 Å². The number of allylic oxidation sites excluding steroid dienone is 1. The van der Waals surface area contributed by atoms with Crippen molar-refractivity contribution in [2.75, 3.05) is 20.8 Å². The highest BCUT2D eigenvalue weighted by Crippen LogP contribution is 2.38. The van der Waals surface area contributed by atoms with Crippen LogP contribution in [0.5, 0.6) is 0 Å². The number of ether oxygens (including phenoxy) is 5. The van der Waals surface area contributed by atoms with Crippen molar-refractivity contribution in [1.29, 1.82) is 0 Å². The van der Waals surface area contributed by atoms with Crippen LogP contribution < -0.4 is 0 Å². The summed E-state index contributed by atoms with van der Waals surface area (Å²) >= 11 is 6.57. The van der Waals surface area contributed by atoms with Crippen LogP contribution in [0, 0.1) is 5.92 Å². The van der Waals surface area contributed by atoms with E-state index in [1.807, 2.05) is 6.92 Å². The van der Waals surface area contributed by atoms with Crippen molar-refractivity contribution in [2.45, 2.75) is 75.1 Å². The molecule has 0 N–H and O–H groups in total. The Labute approximate surface area is 170 Å². The standard InChI is InChI=1S/C20H29ClO7/c1-4-26-17-8-5-11-13(27-17)6-7-14(19(11)23)28-20-12(10-22)15(24-2)9-16(25-3)18(20)21/h10,12,14-18,20H,4-9H2,1-3H3. The van der Waals surface area contributed by atoms with Gasteiger partial charge in [-0.25, -0.2) is 0 Å². The van der Waals surface area contributed by atoms with Gasteiger partial charge in [-0.3, -0.25) is 4.79 Å². The predicted molar refractivity (Wildman–Crippen MR) is 101 cm³/mol. The second-order valence-corrected chi connectivity index (χ2v) is 7.88. The van der Waals surface area contributed by atoms with Crippen molar-refractivity contribution < 1.29 is 33.3 Å². The van der Waals surface area contributed by atoms with Crippen LogP contribution in [0.2, 0.25) is 0 Å². The minimum absolute atomic E-state index is 0.0850. The Hall–Kier alpha value is -0.990. The molecule has 7 nitrogen and oxygen atoms in total. The summed E-state index contributed by atoms with van der Waals surface area (Å²) in [7, 11) is 3.12. The Morgan fingerprint density at radius 3 is 2.57 bits per heavy atom. The molecule has 0 aromatic carbocycles. The van der Waals surface area contributed by atoms with E-state index in [1.165, 1.54) is 0 Å². The van der Waals surface area contributed by atoms with Crippen molar-refractivity contribution in [2.24, 2.45) is 5.92 Å². The monoisotopic (exact) mass is 416 g/mol. The zero-order valence-corrected chi connectivity index (χ0v) is 17.4. The number of carbonyl (C=O) groups excluding carboxylic acids is 2. The molecule has 0 bridgehead atoms. The summed E-state index contributed by atoms with van der Waals surface area (Å²) in [6.45, 7) is 2.49. The fourth-order valence-corrected chi connectivity index (χ4v) is 4.77. The third-order valence-corrected chi connectivity index (χ3v) is 6.37. The molecule has 0 radical (unpaired) electrons. The molecule has 0 amide bonds. The number of hydrogen-bond acceptors (Lipinski definition) is 7. The smallest absolute Gasteiger partial charge is 0.199 e. The van der Waals surface area contributed by atoms with Gasteiger partial charge in [0.25, 0.3) is 0 Å². The first-order valence-electron chi connectivity index (χ1n) is 9.88. The molecular formula is C20H29ClO7. The average molecular weight is 417 g/mol. The van der Waals surface area contributed by atoms with Crippen molar-refractivity contribution in [3.63, 3.8) is 0 Å². The summed E-state index contributed by atoms with van der Waals surface area (Å²) in [6, 6.07) is 0. The molecule has 0 aromatic heterocycles. The third kappa shape index (κ3) is 4.28. The fourth-order valence-electron chi connectivity index (χ4n) is 4.33. The van der Waals surface area contributed by atoms with E-state index in [0.717, 1.165) is 6.29 Å². The van der Waals surface area contributed by atoms with Crippen LogP contribution >= 0.6 is 11.6 Å². The second kappa shape index (κ2) is 9.67. The van der Waals surface area contributed by atoms with Gasteiger partial charge >= 0.3 is 0 Å². The Balaban J connectivity index is 1.73. The highest BCUT2D eigenvalue weighted by Gasteiger charge is 2.48. The van der Waals surface area contributed by atoms with E-state index in [0.29, 0.717) is 50.0 Å². The molecule has 1 heterocycles. The lowest BCUT2D eigenvalue weighted by Gasteiger charge is -2.43. The van der Waals surface area contributed by atoms with Crippen LogP contribution in [0.25, 0.3) is 0 Å². The number of methoxy groups -OCH3 is 2. The molecule has 28 heavy (non-hydrogen) atoms. The lowest BCUT2D eigenvalue weighted by Crippen LogP contribution is -2.55. The molecular weight excluding hydrogens is 388 g/mol. The number of rotatable bonds is 7. The van der Waals surface area contributed by atoms with E-state index in [4.69, 9.17) is 35.3 Å². The molecule has 0 saturated heterocycles. The summed E-state index contributed by atoms with van der Waals surface area (Å²) < 4.78 is 28.4. The van der Waals surface area contributed by atoms with Crippen molar-refractivity contribution in [3.05, 3.63) is 11.3 Å². The van der Waals surface area contributed by atoms with Gasteiger partial charge in [-0.05, 0) is 19.8 Å². The Morgan fingerprint density at radius 1 is 1.18 bits per heavy atom. The number of carbonyl (C=O) groups is 2. The van der Waals surface area contributed by atoms with Crippen molar-refractivity contribution in [3.8, 4) is 0 Å². The zero-order valence-electron chi connectivity index (χ0n) is 16.6. The van der Waals surface area contributed by atoms with E-state index in [1.54, 1.807) is 14.2 Å². The third-order valence-electron chi connectivity index (χ3n) is 5.84. The van der Waals surface area contributed by atoms with Crippen LogP contribution in [-0.2, 0) is 33.3 Å². The summed E-state index contributed by atoms with van der Waals surface area (Å²) in [6.07, 6.45) is 1.38. The van der Waals surface area contributed by atoms with Gasteiger partial charge in [0.1, 0.15) is 18.1 Å². The Bertz CT molecular complexity index is 607. The molecule has 3 rings (SSSR count). The molecule has 2 aliphatic carbocycles. The first kappa shape index (κ1) is 21.7. The molecule has 0 spiro atoms. The van der Waals surface area contributed by atoms with E-state index >= 15 is 0 Å². The van der Waals surface area contributed by atoms with Crippen LogP contribution in [0.15, 0.2) is 11.3 Å². The van der Waals surface area contributed by atoms with Crippen molar-refractivity contribution >= 4 is 23.7 Å².